The Morgan fingerprint density at radius 3 is 2.57 bits per heavy atom. The SMILES string of the molecule is O=C(c1ccc(Br)cc1)N1N=C(Cc2ccccc2)OCC1=S. The summed E-state index contributed by atoms with van der Waals surface area (Å²) in [6, 6.07) is 16.9. The summed E-state index contributed by atoms with van der Waals surface area (Å²) < 4.78 is 6.45. The van der Waals surface area contributed by atoms with Gasteiger partial charge in [-0.1, -0.05) is 58.5 Å². The van der Waals surface area contributed by atoms with Crippen LogP contribution in [-0.2, 0) is 11.2 Å². The van der Waals surface area contributed by atoms with E-state index in [-0.39, 0.29) is 12.5 Å². The molecule has 1 aliphatic rings. The minimum absolute atomic E-state index is 0.184. The fourth-order valence-corrected chi connectivity index (χ4v) is 2.58. The van der Waals surface area contributed by atoms with Crippen LogP contribution >= 0.6 is 28.1 Å². The lowest BCUT2D eigenvalue weighted by Gasteiger charge is -2.24. The van der Waals surface area contributed by atoms with Gasteiger partial charge in [0.2, 0.25) is 5.90 Å². The van der Waals surface area contributed by atoms with E-state index in [1.165, 1.54) is 5.01 Å². The Kier molecular flexibility index (Phi) is 4.83. The Hall–Kier alpha value is -2.05. The fourth-order valence-electron chi connectivity index (χ4n) is 2.13. The molecule has 0 fully saturated rings. The second kappa shape index (κ2) is 7.02. The summed E-state index contributed by atoms with van der Waals surface area (Å²) in [4.78, 5) is 12.9. The van der Waals surface area contributed by atoms with Gasteiger partial charge in [-0.2, -0.15) is 5.01 Å². The van der Waals surface area contributed by atoms with Crippen molar-refractivity contribution in [2.75, 3.05) is 6.61 Å². The lowest BCUT2D eigenvalue weighted by molar-refractivity contribution is 0.0831. The van der Waals surface area contributed by atoms with Crippen LogP contribution in [0.1, 0.15) is 15.9 Å². The van der Waals surface area contributed by atoms with E-state index in [9.17, 15) is 4.79 Å². The monoisotopic (exact) mass is 388 g/mol. The molecule has 0 unspecified atom stereocenters. The number of benzene rings is 2. The Bertz CT molecular complexity index is 760. The molecule has 6 heteroatoms. The standard InChI is InChI=1S/C17H13BrN2O2S/c18-14-8-6-13(7-9-14)17(21)20-16(23)11-22-15(19-20)10-12-4-2-1-3-5-12/h1-9H,10-11H2. The van der Waals surface area contributed by atoms with Crippen LogP contribution in [-0.4, -0.2) is 28.4 Å². The zero-order valence-corrected chi connectivity index (χ0v) is 14.5. The number of carbonyl (C=O) groups excluding carboxylic acids is 1. The van der Waals surface area contributed by atoms with Gasteiger partial charge in [-0.15, -0.1) is 5.10 Å². The lowest BCUT2D eigenvalue weighted by atomic mass is 10.1. The predicted octanol–water partition coefficient (Wildman–Crippen LogP) is 3.81. The van der Waals surface area contributed by atoms with Crippen LogP contribution in [0.25, 0.3) is 0 Å². The van der Waals surface area contributed by atoms with E-state index in [0.717, 1.165) is 10.0 Å². The topological polar surface area (TPSA) is 41.9 Å². The molecule has 0 spiro atoms. The number of carbonyl (C=O) groups is 1. The number of rotatable bonds is 3. The minimum atomic E-state index is -0.253. The highest BCUT2D eigenvalue weighted by atomic mass is 79.9. The quantitative estimate of drug-likeness (QED) is 0.750. The Balaban J connectivity index is 1.82. The van der Waals surface area contributed by atoms with Crippen molar-refractivity contribution >= 4 is 44.9 Å². The van der Waals surface area contributed by atoms with Crippen molar-refractivity contribution in [1.82, 2.24) is 5.01 Å². The molecular weight excluding hydrogens is 376 g/mol. The van der Waals surface area contributed by atoms with Gasteiger partial charge in [0.15, 0.2) is 0 Å². The summed E-state index contributed by atoms with van der Waals surface area (Å²) in [5.41, 5.74) is 1.59. The van der Waals surface area contributed by atoms with Crippen molar-refractivity contribution in [3.8, 4) is 0 Å². The van der Waals surface area contributed by atoms with Gasteiger partial charge in [0.25, 0.3) is 5.91 Å². The number of hydrogen-bond acceptors (Lipinski definition) is 4. The molecule has 1 aliphatic heterocycles. The first-order valence-corrected chi connectivity index (χ1v) is 8.20. The van der Waals surface area contributed by atoms with Gasteiger partial charge >= 0.3 is 0 Å². The van der Waals surface area contributed by atoms with E-state index in [1.807, 2.05) is 42.5 Å². The first-order valence-electron chi connectivity index (χ1n) is 7.00. The first-order chi connectivity index (χ1) is 11.1. The van der Waals surface area contributed by atoms with E-state index in [1.54, 1.807) is 12.1 Å². The molecule has 4 nitrogen and oxygen atoms in total. The van der Waals surface area contributed by atoms with Crippen molar-refractivity contribution in [2.45, 2.75) is 6.42 Å². The molecule has 0 radical (unpaired) electrons. The molecule has 1 amide bonds. The number of hydrogen-bond donors (Lipinski definition) is 0. The molecule has 0 aliphatic carbocycles. The molecule has 2 aromatic rings. The van der Waals surface area contributed by atoms with Crippen LogP contribution in [0.3, 0.4) is 0 Å². The summed E-state index contributed by atoms with van der Waals surface area (Å²) in [6.07, 6.45) is 0.521. The van der Waals surface area contributed by atoms with Crippen molar-refractivity contribution in [3.05, 3.63) is 70.2 Å². The summed E-state index contributed by atoms with van der Waals surface area (Å²) >= 11 is 8.56. The highest BCUT2D eigenvalue weighted by Gasteiger charge is 2.25. The maximum Gasteiger partial charge on any atom is 0.279 e. The van der Waals surface area contributed by atoms with Gasteiger partial charge in [0, 0.05) is 10.0 Å². The number of thiocarbonyl (C=S) groups is 1. The number of hydrazone groups is 1. The smallest absolute Gasteiger partial charge is 0.279 e. The average Bonchev–Trinajstić information content (AvgIpc) is 2.58. The number of amides is 1. The van der Waals surface area contributed by atoms with E-state index in [0.29, 0.717) is 22.9 Å². The molecule has 2 aromatic carbocycles. The molecule has 3 rings (SSSR count). The van der Waals surface area contributed by atoms with Crippen molar-refractivity contribution < 1.29 is 9.53 Å². The zero-order chi connectivity index (χ0) is 16.2. The Morgan fingerprint density at radius 1 is 1.17 bits per heavy atom. The second-order valence-corrected chi connectivity index (χ2v) is 6.35. The maximum atomic E-state index is 12.6. The van der Waals surface area contributed by atoms with Gasteiger partial charge in [0.05, 0.1) is 6.42 Å². The lowest BCUT2D eigenvalue weighted by Crippen LogP contribution is -2.39. The third-order valence-corrected chi connectivity index (χ3v) is 4.11. The molecule has 0 atom stereocenters. The second-order valence-electron chi connectivity index (χ2n) is 4.96. The third-order valence-electron chi connectivity index (χ3n) is 3.29. The summed E-state index contributed by atoms with van der Waals surface area (Å²) in [5.74, 6) is 0.228. The normalized spacial score (nSPS) is 14.2. The first kappa shape index (κ1) is 15.8. The van der Waals surface area contributed by atoms with Gasteiger partial charge < -0.3 is 4.74 Å². The highest BCUT2D eigenvalue weighted by molar-refractivity contribution is 9.10. The average molecular weight is 389 g/mol. The number of ether oxygens (including phenoxy) is 1. The minimum Gasteiger partial charge on any atom is -0.472 e. The van der Waals surface area contributed by atoms with E-state index in [2.05, 4.69) is 21.0 Å². The molecule has 0 N–H and O–H groups in total. The van der Waals surface area contributed by atoms with Crippen molar-refractivity contribution in [1.29, 1.82) is 0 Å². The summed E-state index contributed by atoms with van der Waals surface area (Å²) in [5, 5.41) is 5.53. The van der Waals surface area contributed by atoms with Gasteiger partial charge in [-0.3, -0.25) is 4.79 Å². The third kappa shape index (κ3) is 3.83. The van der Waals surface area contributed by atoms with Crippen molar-refractivity contribution in [2.24, 2.45) is 5.10 Å². The van der Waals surface area contributed by atoms with Crippen LogP contribution in [0.5, 0.6) is 0 Å². The van der Waals surface area contributed by atoms with Crippen molar-refractivity contribution in [3.63, 3.8) is 0 Å². The molecule has 0 saturated carbocycles. The fraction of sp³-hybridized carbons (Fsp3) is 0.118. The van der Waals surface area contributed by atoms with E-state index < -0.39 is 0 Å². The maximum absolute atomic E-state index is 12.6. The van der Waals surface area contributed by atoms with Crippen LogP contribution in [0.2, 0.25) is 0 Å². The molecule has 23 heavy (non-hydrogen) atoms. The van der Waals surface area contributed by atoms with Gasteiger partial charge in [-0.05, 0) is 29.8 Å². The predicted molar refractivity (Wildman–Crippen MR) is 96.4 cm³/mol. The Morgan fingerprint density at radius 2 is 1.87 bits per heavy atom. The van der Waals surface area contributed by atoms with E-state index >= 15 is 0 Å². The van der Waals surface area contributed by atoms with Gasteiger partial charge in [-0.25, -0.2) is 0 Å². The van der Waals surface area contributed by atoms with Crippen LogP contribution < -0.4 is 0 Å². The number of halogens is 1. The number of nitrogens with zero attached hydrogens (tertiary/aromatic N) is 2. The van der Waals surface area contributed by atoms with Crippen LogP contribution in [0, 0.1) is 0 Å². The molecule has 116 valence electrons. The molecule has 0 aromatic heterocycles. The summed E-state index contributed by atoms with van der Waals surface area (Å²) in [6.45, 7) is 0.184. The van der Waals surface area contributed by atoms with E-state index in [4.69, 9.17) is 17.0 Å². The van der Waals surface area contributed by atoms with Crippen LogP contribution in [0.4, 0.5) is 0 Å². The van der Waals surface area contributed by atoms with Gasteiger partial charge in [0.1, 0.15) is 11.6 Å². The zero-order valence-electron chi connectivity index (χ0n) is 12.1. The molecule has 1 heterocycles. The highest BCUT2D eigenvalue weighted by Crippen LogP contribution is 2.16. The molecular formula is C17H13BrN2O2S. The van der Waals surface area contributed by atoms with Crippen LogP contribution in [0.15, 0.2) is 64.2 Å². The summed E-state index contributed by atoms with van der Waals surface area (Å²) in [7, 11) is 0. The molecule has 0 saturated heterocycles. The Labute approximate surface area is 147 Å². The molecule has 0 bridgehead atoms. The largest absolute Gasteiger partial charge is 0.472 e.